The van der Waals surface area contributed by atoms with Crippen LogP contribution in [-0.4, -0.2) is 14.3 Å². The molecule has 0 unspecified atom stereocenters. The number of carbonyl (C=O) groups is 1. The zero-order chi connectivity index (χ0) is 21.2. The van der Waals surface area contributed by atoms with Gasteiger partial charge in [-0.05, 0) is 86.0 Å². The largest absolute Gasteiger partial charge is 0.321 e. The van der Waals surface area contributed by atoms with Crippen molar-refractivity contribution in [3.8, 4) is 0 Å². The van der Waals surface area contributed by atoms with E-state index in [0.717, 1.165) is 16.7 Å². The van der Waals surface area contributed by atoms with Gasteiger partial charge in [0.2, 0.25) is 0 Å². The third kappa shape index (κ3) is 4.96. The Morgan fingerprint density at radius 1 is 0.862 bits per heavy atom. The molecule has 3 rings (SSSR count). The fourth-order valence-electron chi connectivity index (χ4n) is 2.70. The average Bonchev–Trinajstić information content (AvgIpc) is 2.66. The molecule has 5 nitrogen and oxygen atoms in total. The van der Waals surface area contributed by atoms with E-state index < -0.39 is 10.0 Å². The Morgan fingerprint density at radius 2 is 1.55 bits per heavy atom. The lowest BCUT2D eigenvalue weighted by molar-refractivity contribution is 0.102. The first-order valence-corrected chi connectivity index (χ1v) is 10.8. The van der Waals surface area contributed by atoms with E-state index in [1.54, 1.807) is 54.6 Å². The van der Waals surface area contributed by atoms with Gasteiger partial charge in [-0.1, -0.05) is 23.7 Å². The summed E-state index contributed by atoms with van der Waals surface area (Å²) >= 11 is 6.15. The maximum absolute atomic E-state index is 12.6. The molecule has 0 spiro atoms. The number of sulfonamides is 1. The van der Waals surface area contributed by atoms with Gasteiger partial charge in [-0.3, -0.25) is 9.52 Å². The number of halogens is 1. The summed E-state index contributed by atoms with van der Waals surface area (Å²) in [5.74, 6) is -0.334. The maximum atomic E-state index is 12.6. The first-order chi connectivity index (χ1) is 13.7. The summed E-state index contributed by atoms with van der Waals surface area (Å²) < 4.78 is 27.7. The van der Waals surface area contributed by atoms with Gasteiger partial charge in [0, 0.05) is 11.3 Å². The second-order valence-electron chi connectivity index (χ2n) is 6.87. The van der Waals surface area contributed by atoms with Crippen molar-refractivity contribution in [2.45, 2.75) is 25.7 Å². The minimum Gasteiger partial charge on any atom is -0.321 e. The van der Waals surface area contributed by atoms with Crippen LogP contribution in [0.4, 0.5) is 11.4 Å². The van der Waals surface area contributed by atoms with Gasteiger partial charge in [0.25, 0.3) is 15.9 Å². The zero-order valence-electron chi connectivity index (χ0n) is 16.3. The van der Waals surface area contributed by atoms with Crippen molar-refractivity contribution in [3.63, 3.8) is 0 Å². The Balaban J connectivity index is 1.74. The van der Waals surface area contributed by atoms with Crippen LogP contribution in [0.5, 0.6) is 0 Å². The number of amides is 1. The van der Waals surface area contributed by atoms with Crippen molar-refractivity contribution in [1.29, 1.82) is 0 Å². The smallest absolute Gasteiger partial charge is 0.261 e. The lowest BCUT2D eigenvalue weighted by atomic mass is 10.1. The van der Waals surface area contributed by atoms with Gasteiger partial charge in [0.05, 0.1) is 15.6 Å². The molecule has 0 aromatic heterocycles. The van der Waals surface area contributed by atoms with Crippen LogP contribution in [0.3, 0.4) is 0 Å². The highest BCUT2D eigenvalue weighted by molar-refractivity contribution is 7.92. The molecule has 3 aromatic rings. The van der Waals surface area contributed by atoms with Crippen LogP contribution in [0.2, 0.25) is 5.02 Å². The highest BCUT2D eigenvalue weighted by Gasteiger charge is 2.15. The van der Waals surface area contributed by atoms with E-state index in [1.165, 1.54) is 0 Å². The van der Waals surface area contributed by atoms with Crippen molar-refractivity contribution in [1.82, 2.24) is 0 Å². The Hall–Kier alpha value is -2.83. The predicted molar refractivity (Wildman–Crippen MR) is 117 cm³/mol. The van der Waals surface area contributed by atoms with Crippen LogP contribution in [0, 0.1) is 20.8 Å². The van der Waals surface area contributed by atoms with Gasteiger partial charge in [-0.25, -0.2) is 8.42 Å². The molecule has 0 radical (unpaired) electrons. The summed E-state index contributed by atoms with van der Waals surface area (Å²) in [6.07, 6.45) is 0. The van der Waals surface area contributed by atoms with E-state index >= 15 is 0 Å². The van der Waals surface area contributed by atoms with Gasteiger partial charge < -0.3 is 5.32 Å². The molecule has 0 aliphatic rings. The van der Waals surface area contributed by atoms with Crippen molar-refractivity contribution in [2.75, 3.05) is 10.0 Å². The first-order valence-electron chi connectivity index (χ1n) is 8.93. The maximum Gasteiger partial charge on any atom is 0.261 e. The molecule has 0 aliphatic carbocycles. The number of benzene rings is 3. The van der Waals surface area contributed by atoms with Crippen molar-refractivity contribution >= 4 is 38.9 Å². The Morgan fingerprint density at radius 3 is 2.17 bits per heavy atom. The average molecular weight is 429 g/mol. The molecular formula is C22H21ClN2O3S. The van der Waals surface area contributed by atoms with E-state index in [0.29, 0.717) is 22.0 Å². The molecule has 0 aliphatic heterocycles. The molecule has 0 saturated carbocycles. The fraction of sp³-hybridized carbons (Fsp3) is 0.136. The SMILES string of the molecule is Cc1ccc(NC(=O)c2ccc(NS(=O)(=O)c3ccc(C)c(C)c3)cc2)c(Cl)c1. The van der Waals surface area contributed by atoms with E-state index in [4.69, 9.17) is 11.6 Å². The molecule has 0 heterocycles. The van der Waals surface area contributed by atoms with Crippen LogP contribution in [0.25, 0.3) is 0 Å². The van der Waals surface area contributed by atoms with Gasteiger partial charge in [0.1, 0.15) is 0 Å². The molecule has 29 heavy (non-hydrogen) atoms. The second-order valence-corrected chi connectivity index (χ2v) is 8.96. The van der Waals surface area contributed by atoms with E-state index in [9.17, 15) is 13.2 Å². The summed E-state index contributed by atoms with van der Waals surface area (Å²) in [5, 5.41) is 3.20. The standard InChI is InChI=1S/C22H21ClN2O3S/c1-14-4-11-21(20(23)12-14)24-22(26)17-6-8-18(9-7-17)25-29(27,28)19-10-5-15(2)16(3)13-19/h4-13,25H,1-3H3,(H,24,26). The number of rotatable bonds is 5. The number of hydrogen-bond acceptors (Lipinski definition) is 3. The number of anilines is 2. The molecule has 150 valence electrons. The van der Waals surface area contributed by atoms with Crippen molar-refractivity contribution < 1.29 is 13.2 Å². The van der Waals surface area contributed by atoms with Crippen LogP contribution in [0.1, 0.15) is 27.0 Å². The van der Waals surface area contributed by atoms with Gasteiger partial charge in [-0.2, -0.15) is 0 Å². The minimum absolute atomic E-state index is 0.191. The number of aryl methyl sites for hydroxylation is 3. The van der Waals surface area contributed by atoms with Crippen LogP contribution in [-0.2, 0) is 10.0 Å². The van der Waals surface area contributed by atoms with Crippen molar-refractivity contribution in [2.24, 2.45) is 0 Å². The normalized spacial score (nSPS) is 11.2. The summed E-state index contributed by atoms with van der Waals surface area (Å²) in [5.41, 5.74) is 4.18. The Labute approximate surface area is 175 Å². The minimum atomic E-state index is -3.71. The number of hydrogen-bond donors (Lipinski definition) is 2. The van der Waals surface area contributed by atoms with Crippen LogP contribution < -0.4 is 10.0 Å². The fourth-order valence-corrected chi connectivity index (χ4v) is 4.13. The molecule has 0 fully saturated rings. The Bertz CT molecular complexity index is 1170. The molecule has 0 bridgehead atoms. The third-order valence-electron chi connectivity index (χ3n) is 4.56. The van der Waals surface area contributed by atoms with Crippen molar-refractivity contribution in [3.05, 3.63) is 87.9 Å². The van der Waals surface area contributed by atoms with Crippen LogP contribution >= 0.6 is 11.6 Å². The molecule has 7 heteroatoms. The van der Waals surface area contributed by atoms with E-state index in [-0.39, 0.29) is 10.8 Å². The van der Waals surface area contributed by atoms with Gasteiger partial charge in [0.15, 0.2) is 0 Å². The van der Waals surface area contributed by atoms with E-state index in [1.807, 2.05) is 26.8 Å². The second kappa shape index (κ2) is 8.27. The van der Waals surface area contributed by atoms with Gasteiger partial charge >= 0.3 is 0 Å². The van der Waals surface area contributed by atoms with Gasteiger partial charge in [-0.15, -0.1) is 0 Å². The molecular weight excluding hydrogens is 408 g/mol. The molecule has 3 aromatic carbocycles. The monoisotopic (exact) mass is 428 g/mol. The third-order valence-corrected chi connectivity index (χ3v) is 6.25. The summed E-state index contributed by atoms with van der Waals surface area (Å²) in [7, 11) is -3.71. The molecule has 0 atom stereocenters. The highest BCUT2D eigenvalue weighted by Crippen LogP contribution is 2.24. The predicted octanol–water partition coefficient (Wildman–Crippen LogP) is 5.32. The van der Waals surface area contributed by atoms with Crippen LogP contribution in [0.15, 0.2) is 65.6 Å². The molecule has 0 saturated heterocycles. The lowest BCUT2D eigenvalue weighted by Crippen LogP contribution is -2.14. The summed E-state index contributed by atoms with van der Waals surface area (Å²) in [6.45, 7) is 5.70. The summed E-state index contributed by atoms with van der Waals surface area (Å²) in [6, 6.07) is 16.5. The quantitative estimate of drug-likeness (QED) is 0.577. The topological polar surface area (TPSA) is 75.3 Å². The number of carbonyl (C=O) groups excluding carboxylic acids is 1. The number of nitrogens with one attached hydrogen (secondary N) is 2. The highest BCUT2D eigenvalue weighted by atomic mass is 35.5. The van der Waals surface area contributed by atoms with E-state index in [2.05, 4.69) is 10.0 Å². The lowest BCUT2D eigenvalue weighted by Gasteiger charge is -2.11. The summed E-state index contributed by atoms with van der Waals surface area (Å²) in [4.78, 5) is 12.6. The molecule has 2 N–H and O–H groups in total. The molecule has 1 amide bonds. The zero-order valence-corrected chi connectivity index (χ0v) is 17.9. The Kier molecular flexibility index (Phi) is 5.96. The first kappa shape index (κ1) is 20.9.